The molecule has 0 radical (unpaired) electrons. The van der Waals surface area contributed by atoms with Crippen molar-refractivity contribution in [1.29, 1.82) is 0 Å². The first-order valence-corrected chi connectivity index (χ1v) is 7.88. The van der Waals surface area contributed by atoms with Crippen molar-refractivity contribution in [1.82, 2.24) is 10.2 Å². The SMILES string of the molecule is CN=C(NCC(OC)c1ccc(F)cc1)N(C)Cc1ccccc1. The van der Waals surface area contributed by atoms with Gasteiger partial charge >= 0.3 is 0 Å². The third kappa shape index (κ3) is 5.06. The molecule has 24 heavy (non-hydrogen) atoms. The van der Waals surface area contributed by atoms with E-state index in [4.69, 9.17) is 4.74 Å². The minimum atomic E-state index is -0.250. The fraction of sp³-hybridized carbons (Fsp3) is 0.316. The standard InChI is InChI=1S/C19H24FN3O/c1-21-19(23(2)14-15-7-5-4-6-8-15)22-13-18(24-3)16-9-11-17(20)12-10-16/h4-12,18H,13-14H2,1-3H3,(H,21,22). The van der Waals surface area contributed by atoms with Crippen LogP contribution >= 0.6 is 0 Å². The highest BCUT2D eigenvalue weighted by atomic mass is 19.1. The lowest BCUT2D eigenvalue weighted by Gasteiger charge is -2.24. The number of halogens is 1. The Hall–Kier alpha value is -2.40. The average molecular weight is 329 g/mol. The Morgan fingerprint density at radius 3 is 2.42 bits per heavy atom. The quantitative estimate of drug-likeness (QED) is 0.653. The fourth-order valence-corrected chi connectivity index (χ4v) is 2.52. The van der Waals surface area contributed by atoms with Crippen LogP contribution < -0.4 is 5.32 Å². The molecule has 1 unspecified atom stereocenters. The Bertz CT molecular complexity index is 643. The second-order valence-corrected chi connectivity index (χ2v) is 5.55. The van der Waals surface area contributed by atoms with E-state index in [1.54, 1.807) is 26.3 Å². The lowest BCUT2D eigenvalue weighted by Crippen LogP contribution is -2.40. The molecule has 128 valence electrons. The second-order valence-electron chi connectivity index (χ2n) is 5.55. The van der Waals surface area contributed by atoms with Crippen molar-refractivity contribution < 1.29 is 9.13 Å². The van der Waals surface area contributed by atoms with Crippen molar-refractivity contribution >= 4 is 5.96 Å². The van der Waals surface area contributed by atoms with Gasteiger partial charge in [0.25, 0.3) is 0 Å². The monoisotopic (exact) mass is 329 g/mol. The zero-order valence-electron chi connectivity index (χ0n) is 14.4. The van der Waals surface area contributed by atoms with Gasteiger partial charge in [-0.2, -0.15) is 0 Å². The summed E-state index contributed by atoms with van der Waals surface area (Å²) in [5, 5.41) is 3.31. The van der Waals surface area contributed by atoms with Crippen LogP contribution in [0.3, 0.4) is 0 Å². The van der Waals surface area contributed by atoms with Crippen LogP contribution in [0.2, 0.25) is 0 Å². The summed E-state index contributed by atoms with van der Waals surface area (Å²) in [4.78, 5) is 6.36. The molecule has 5 heteroatoms. The molecule has 0 aliphatic carbocycles. The molecule has 1 N–H and O–H groups in total. The number of ether oxygens (including phenoxy) is 1. The maximum absolute atomic E-state index is 13.1. The van der Waals surface area contributed by atoms with Gasteiger partial charge in [0.15, 0.2) is 5.96 Å². The number of nitrogens with zero attached hydrogens (tertiary/aromatic N) is 2. The maximum atomic E-state index is 13.1. The Kier molecular flexibility index (Phi) is 6.75. The first kappa shape index (κ1) is 17.9. The zero-order chi connectivity index (χ0) is 17.4. The molecular formula is C19H24FN3O. The number of hydrogen-bond acceptors (Lipinski definition) is 2. The van der Waals surface area contributed by atoms with Gasteiger partial charge in [-0.1, -0.05) is 42.5 Å². The van der Waals surface area contributed by atoms with Gasteiger partial charge in [0.05, 0.1) is 6.10 Å². The first-order chi connectivity index (χ1) is 11.6. The number of guanidine groups is 1. The van der Waals surface area contributed by atoms with E-state index in [1.165, 1.54) is 17.7 Å². The predicted octanol–water partition coefficient (Wildman–Crippen LogP) is 3.22. The van der Waals surface area contributed by atoms with E-state index in [-0.39, 0.29) is 11.9 Å². The predicted molar refractivity (Wildman–Crippen MR) is 95.4 cm³/mol. The Balaban J connectivity index is 1.95. The molecule has 0 aliphatic rings. The van der Waals surface area contributed by atoms with Crippen LogP contribution in [-0.2, 0) is 11.3 Å². The molecule has 1 atom stereocenters. The maximum Gasteiger partial charge on any atom is 0.193 e. The zero-order valence-corrected chi connectivity index (χ0v) is 14.4. The average Bonchev–Trinajstić information content (AvgIpc) is 2.61. The summed E-state index contributed by atoms with van der Waals surface area (Å²) in [6.07, 6.45) is -0.174. The van der Waals surface area contributed by atoms with Crippen molar-refractivity contribution in [3.05, 3.63) is 71.5 Å². The van der Waals surface area contributed by atoms with E-state index in [0.29, 0.717) is 6.54 Å². The number of benzene rings is 2. The van der Waals surface area contributed by atoms with Crippen LogP contribution in [-0.4, -0.2) is 38.6 Å². The Morgan fingerprint density at radius 1 is 1.17 bits per heavy atom. The molecule has 2 aromatic rings. The summed E-state index contributed by atoms with van der Waals surface area (Å²) >= 11 is 0. The van der Waals surface area contributed by atoms with Crippen LogP contribution in [0.15, 0.2) is 59.6 Å². The Labute approximate surface area is 143 Å². The minimum Gasteiger partial charge on any atom is -0.375 e. The summed E-state index contributed by atoms with van der Waals surface area (Å²) in [5.74, 6) is 0.531. The van der Waals surface area contributed by atoms with Crippen LogP contribution in [0, 0.1) is 5.82 Å². The Morgan fingerprint density at radius 2 is 1.83 bits per heavy atom. The summed E-state index contributed by atoms with van der Waals surface area (Å²) in [6.45, 7) is 1.31. The van der Waals surface area contributed by atoms with Gasteiger partial charge in [0, 0.05) is 34.3 Å². The van der Waals surface area contributed by atoms with Crippen LogP contribution in [0.4, 0.5) is 4.39 Å². The van der Waals surface area contributed by atoms with E-state index in [0.717, 1.165) is 18.1 Å². The van der Waals surface area contributed by atoms with Crippen molar-refractivity contribution in [3.63, 3.8) is 0 Å². The fourth-order valence-electron chi connectivity index (χ4n) is 2.52. The van der Waals surface area contributed by atoms with E-state index in [9.17, 15) is 4.39 Å². The smallest absolute Gasteiger partial charge is 0.193 e. The number of hydrogen-bond donors (Lipinski definition) is 1. The number of aliphatic imine (C=N–C) groups is 1. The number of methoxy groups -OCH3 is 1. The molecular weight excluding hydrogens is 305 g/mol. The van der Waals surface area contributed by atoms with Crippen LogP contribution in [0.1, 0.15) is 17.2 Å². The molecule has 2 aromatic carbocycles. The molecule has 0 heterocycles. The summed E-state index contributed by atoms with van der Waals surface area (Å²) in [5.41, 5.74) is 2.14. The van der Waals surface area contributed by atoms with Gasteiger partial charge in [0.2, 0.25) is 0 Å². The summed E-state index contributed by atoms with van der Waals surface area (Å²) in [7, 11) is 5.39. The molecule has 2 rings (SSSR count). The van der Waals surface area contributed by atoms with Crippen molar-refractivity contribution in [2.45, 2.75) is 12.6 Å². The van der Waals surface area contributed by atoms with Gasteiger partial charge in [-0.15, -0.1) is 0 Å². The van der Waals surface area contributed by atoms with Gasteiger partial charge in [-0.05, 0) is 23.3 Å². The second kappa shape index (κ2) is 9.03. The third-order valence-corrected chi connectivity index (χ3v) is 3.81. The highest BCUT2D eigenvalue weighted by molar-refractivity contribution is 5.79. The largest absolute Gasteiger partial charge is 0.375 e. The lowest BCUT2D eigenvalue weighted by atomic mass is 10.1. The highest BCUT2D eigenvalue weighted by Crippen LogP contribution is 2.16. The first-order valence-electron chi connectivity index (χ1n) is 7.88. The normalized spacial score (nSPS) is 12.8. The molecule has 0 aliphatic heterocycles. The van der Waals surface area contributed by atoms with Gasteiger partial charge in [0.1, 0.15) is 5.82 Å². The van der Waals surface area contributed by atoms with Gasteiger partial charge in [-0.3, -0.25) is 4.99 Å². The molecule has 0 bridgehead atoms. The van der Waals surface area contributed by atoms with E-state index in [1.807, 2.05) is 30.1 Å². The summed E-state index contributed by atoms with van der Waals surface area (Å²) < 4.78 is 18.6. The molecule has 0 amide bonds. The number of rotatable bonds is 6. The number of nitrogens with one attached hydrogen (secondary N) is 1. The molecule has 0 saturated heterocycles. The van der Waals surface area contributed by atoms with Crippen LogP contribution in [0.5, 0.6) is 0 Å². The van der Waals surface area contributed by atoms with E-state index < -0.39 is 0 Å². The third-order valence-electron chi connectivity index (χ3n) is 3.81. The molecule has 0 fully saturated rings. The van der Waals surface area contributed by atoms with Gasteiger partial charge < -0.3 is 15.0 Å². The van der Waals surface area contributed by atoms with Crippen molar-refractivity contribution in [3.8, 4) is 0 Å². The molecule has 4 nitrogen and oxygen atoms in total. The van der Waals surface area contributed by atoms with Crippen molar-refractivity contribution in [2.75, 3.05) is 27.7 Å². The van der Waals surface area contributed by atoms with E-state index >= 15 is 0 Å². The van der Waals surface area contributed by atoms with Crippen molar-refractivity contribution in [2.24, 2.45) is 4.99 Å². The van der Waals surface area contributed by atoms with Crippen LogP contribution in [0.25, 0.3) is 0 Å². The molecule has 0 saturated carbocycles. The molecule has 0 spiro atoms. The lowest BCUT2D eigenvalue weighted by molar-refractivity contribution is 0.106. The van der Waals surface area contributed by atoms with Gasteiger partial charge in [-0.25, -0.2) is 4.39 Å². The molecule has 0 aromatic heterocycles. The summed E-state index contributed by atoms with van der Waals surface area (Å²) in [6, 6.07) is 16.6. The topological polar surface area (TPSA) is 36.9 Å². The highest BCUT2D eigenvalue weighted by Gasteiger charge is 2.13. The minimum absolute atomic E-state index is 0.174. The van der Waals surface area contributed by atoms with E-state index in [2.05, 4.69) is 22.4 Å².